The molecule has 2 aromatic carbocycles. The number of nitrogens with one attached hydrogen (secondary N) is 2. The summed E-state index contributed by atoms with van der Waals surface area (Å²) in [5.74, 6) is -0.612. The molecule has 0 saturated carbocycles. The normalized spacial score (nSPS) is 13.7. The molecule has 0 radical (unpaired) electrons. The number of anilines is 2. The van der Waals surface area contributed by atoms with Crippen molar-refractivity contribution < 1.29 is 14.4 Å². The molecule has 4 rings (SSSR count). The van der Waals surface area contributed by atoms with Gasteiger partial charge in [0.1, 0.15) is 4.88 Å². The molecule has 1 saturated heterocycles. The molecule has 1 aliphatic heterocycles. The predicted molar refractivity (Wildman–Crippen MR) is 116 cm³/mol. The molecular weight excluding hydrogens is 410 g/mol. The van der Waals surface area contributed by atoms with Gasteiger partial charge < -0.3 is 15.5 Å². The third-order valence-corrected chi connectivity index (χ3v) is 6.36. The molecule has 29 heavy (non-hydrogen) atoms. The van der Waals surface area contributed by atoms with Gasteiger partial charge in [-0.05, 0) is 36.8 Å². The fourth-order valence-corrected chi connectivity index (χ4v) is 4.69. The summed E-state index contributed by atoms with van der Waals surface area (Å²) < 4.78 is 0.920. The van der Waals surface area contributed by atoms with Gasteiger partial charge in [-0.3, -0.25) is 14.4 Å². The lowest BCUT2D eigenvalue weighted by Crippen LogP contribution is -2.32. The number of rotatable bonds is 5. The topological polar surface area (TPSA) is 78.5 Å². The zero-order valence-corrected chi connectivity index (χ0v) is 17.0. The van der Waals surface area contributed by atoms with Crippen LogP contribution in [-0.2, 0) is 9.59 Å². The number of hydrogen-bond donors (Lipinski definition) is 2. The summed E-state index contributed by atoms with van der Waals surface area (Å²) in [5.41, 5.74) is 1.41. The second-order valence-electron chi connectivity index (χ2n) is 6.67. The summed E-state index contributed by atoms with van der Waals surface area (Å²) >= 11 is 7.59. The van der Waals surface area contributed by atoms with Crippen molar-refractivity contribution in [2.24, 2.45) is 0 Å². The zero-order chi connectivity index (χ0) is 20.4. The van der Waals surface area contributed by atoms with Gasteiger partial charge in [-0.1, -0.05) is 29.8 Å². The average Bonchev–Trinajstić information content (AvgIpc) is 3.30. The molecule has 3 amide bonds. The minimum Gasteiger partial charge on any atom is -0.342 e. The largest absolute Gasteiger partial charge is 0.342 e. The van der Waals surface area contributed by atoms with Crippen molar-refractivity contribution in [1.29, 1.82) is 0 Å². The van der Waals surface area contributed by atoms with Crippen LogP contribution in [0.4, 0.5) is 11.4 Å². The van der Waals surface area contributed by atoms with Crippen molar-refractivity contribution in [2.75, 3.05) is 23.3 Å². The minimum atomic E-state index is -0.380. The summed E-state index contributed by atoms with van der Waals surface area (Å²) in [6, 6.07) is 14.6. The number of fused-ring (bicyclic) bond motifs is 1. The number of amides is 3. The Morgan fingerprint density at radius 3 is 2.55 bits per heavy atom. The van der Waals surface area contributed by atoms with Crippen LogP contribution in [0.15, 0.2) is 48.5 Å². The zero-order valence-electron chi connectivity index (χ0n) is 15.4. The second kappa shape index (κ2) is 8.23. The summed E-state index contributed by atoms with van der Waals surface area (Å²) in [5, 5.41) is 6.56. The highest BCUT2D eigenvalue weighted by molar-refractivity contribution is 7.21. The number of carbonyl (C=O) groups excluding carboxylic acids is 3. The van der Waals surface area contributed by atoms with Crippen molar-refractivity contribution in [3.63, 3.8) is 0 Å². The smallest absolute Gasteiger partial charge is 0.263 e. The quantitative estimate of drug-likeness (QED) is 0.644. The van der Waals surface area contributed by atoms with Crippen LogP contribution in [0.1, 0.15) is 22.5 Å². The number of benzene rings is 2. The molecule has 0 unspecified atom stereocenters. The molecule has 6 nitrogen and oxygen atoms in total. The lowest BCUT2D eigenvalue weighted by atomic mass is 10.2. The van der Waals surface area contributed by atoms with E-state index in [9.17, 15) is 14.4 Å². The van der Waals surface area contributed by atoms with Crippen LogP contribution < -0.4 is 15.5 Å². The van der Waals surface area contributed by atoms with Crippen molar-refractivity contribution in [3.05, 3.63) is 58.4 Å². The molecular formula is C21H18ClN3O3S. The Balaban J connectivity index is 1.34. The number of halogens is 1. The minimum absolute atomic E-state index is 0.115. The van der Waals surface area contributed by atoms with Gasteiger partial charge in [-0.15, -0.1) is 11.3 Å². The van der Waals surface area contributed by atoms with Crippen molar-refractivity contribution in [2.45, 2.75) is 12.8 Å². The van der Waals surface area contributed by atoms with Gasteiger partial charge in [0.25, 0.3) is 5.91 Å². The van der Waals surface area contributed by atoms with Gasteiger partial charge in [0.2, 0.25) is 11.8 Å². The SMILES string of the molecule is O=C(CNC(=O)c1sc2ccccc2c1Cl)Nc1ccc(N2CCCC2=O)cc1. The van der Waals surface area contributed by atoms with Crippen LogP contribution in [0.25, 0.3) is 10.1 Å². The third kappa shape index (κ3) is 4.11. The molecule has 148 valence electrons. The summed E-state index contributed by atoms with van der Waals surface area (Å²) in [7, 11) is 0. The van der Waals surface area contributed by atoms with E-state index in [1.165, 1.54) is 11.3 Å². The van der Waals surface area contributed by atoms with E-state index in [-0.39, 0.29) is 24.3 Å². The molecule has 0 atom stereocenters. The van der Waals surface area contributed by atoms with Crippen LogP contribution >= 0.6 is 22.9 Å². The van der Waals surface area contributed by atoms with Crippen LogP contribution in [-0.4, -0.2) is 30.8 Å². The van der Waals surface area contributed by atoms with Gasteiger partial charge in [-0.2, -0.15) is 0 Å². The third-order valence-electron chi connectivity index (χ3n) is 4.69. The van der Waals surface area contributed by atoms with Crippen LogP contribution in [0.3, 0.4) is 0 Å². The van der Waals surface area contributed by atoms with Gasteiger partial charge in [-0.25, -0.2) is 0 Å². The van der Waals surface area contributed by atoms with E-state index in [1.54, 1.807) is 29.2 Å². The number of thiophene rings is 1. The van der Waals surface area contributed by atoms with E-state index in [0.29, 0.717) is 22.0 Å². The van der Waals surface area contributed by atoms with Crippen molar-refractivity contribution in [3.8, 4) is 0 Å². The van der Waals surface area contributed by atoms with E-state index in [1.807, 2.05) is 24.3 Å². The average molecular weight is 428 g/mol. The standard InChI is InChI=1S/C21H18ClN3O3S/c22-19-15-4-1-2-5-16(15)29-20(19)21(28)23-12-17(26)24-13-7-9-14(10-8-13)25-11-3-6-18(25)27/h1-2,4-5,7-10H,3,6,11-12H2,(H,23,28)(H,24,26). The molecule has 2 N–H and O–H groups in total. The van der Waals surface area contributed by atoms with Gasteiger partial charge in [0.05, 0.1) is 11.6 Å². The van der Waals surface area contributed by atoms with E-state index < -0.39 is 0 Å². The highest BCUT2D eigenvalue weighted by atomic mass is 35.5. The Labute approximate surface area is 176 Å². The molecule has 0 spiro atoms. The number of nitrogens with zero attached hydrogens (tertiary/aromatic N) is 1. The first-order chi connectivity index (χ1) is 14.0. The fourth-order valence-electron chi connectivity index (χ4n) is 3.25. The first-order valence-corrected chi connectivity index (χ1v) is 10.4. The highest BCUT2D eigenvalue weighted by Gasteiger charge is 2.21. The first-order valence-electron chi connectivity index (χ1n) is 9.18. The molecule has 0 bridgehead atoms. The molecule has 2 heterocycles. The maximum absolute atomic E-state index is 12.4. The van der Waals surface area contributed by atoms with E-state index in [2.05, 4.69) is 10.6 Å². The molecule has 0 aliphatic carbocycles. The monoisotopic (exact) mass is 427 g/mol. The fraction of sp³-hybridized carbons (Fsp3) is 0.190. The predicted octanol–water partition coefficient (Wildman–Crippen LogP) is 4.05. The van der Waals surface area contributed by atoms with Crippen molar-refractivity contribution in [1.82, 2.24) is 5.32 Å². The maximum atomic E-state index is 12.4. The Bertz CT molecular complexity index is 1090. The first kappa shape index (κ1) is 19.4. The Hall–Kier alpha value is -2.90. The molecule has 3 aromatic rings. The summed E-state index contributed by atoms with van der Waals surface area (Å²) in [6.45, 7) is 0.548. The lowest BCUT2D eigenvalue weighted by Gasteiger charge is -2.16. The maximum Gasteiger partial charge on any atom is 0.263 e. The second-order valence-corrected chi connectivity index (χ2v) is 8.10. The highest BCUT2D eigenvalue weighted by Crippen LogP contribution is 2.34. The molecule has 1 fully saturated rings. The van der Waals surface area contributed by atoms with E-state index >= 15 is 0 Å². The van der Waals surface area contributed by atoms with E-state index in [4.69, 9.17) is 11.6 Å². The Morgan fingerprint density at radius 1 is 1.10 bits per heavy atom. The summed E-state index contributed by atoms with van der Waals surface area (Å²) in [6.07, 6.45) is 1.43. The Kier molecular flexibility index (Phi) is 5.51. The van der Waals surface area contributed by atoms with Gasteiger partial charge >= 0.3 is 0 Å². The molecule has 8 heteroatoms. The number of carbonyl (C=O) groups is 3. The van der Waals surface area contributed by atoms with Gasteiger partial charge in [0.15, 0.2) is 0 Å². The van der Waals surface area contributed by atoms with Crippen LogP contribution in [0.2, 0.25) is 5.02 Å². The summed E-state index contributed by atoms with van der Waals surface area (Å²) in [4.78, 5) is 38.5. The molecule has 1 aromatic heterocycles. The van der Waals surface area contributed by atoms with Crippen LogP contribution in [0, 0.1) is 0 Å². The van der Waals surface area contributed by atoms with Gasteiger partial charge in [0, 0.05) is 34.4 Å². The number of hydrogen-bond acceptors (Lipinski definition) is 4. The van der Waals surface area contributed by atoms with Crippen molar-refractivity contribution >= 4 is 62.1 Å². The van der Waals surface area contributed by atoms with E-state index in [0.717, 1.165) is 28.7 Å². The molecule has 1 aliphatic rings. The lowest BCUT2D eigenvalue weighted by molar-refractivity contribution is -0.117. The van der Waals surface area contributed by atoms with Crippen LogP contribution in [0.5, 0.6) is 0 Å². The Morgan fingerprint density at radius 2 is 1.86 bits per heavy atom.